The maximum Gasteiger partial charge on any atom is 0.253 e. The summed E-state index contributed by atoms with van der Waals surface area (Å²) in [6, 6.07) is 7.59. The first-order valence-electron chi connectivity index (χ1n) is 10.2. The Hall–Kier alpha value is -2.35. The Labute approximate surface area is 192 Å². The van der Waals surface area contributed by atoms with E-state index in [1.165, 1.54) is 12.1 Å². The zero-order valence-corrected chi connectivity index (χ0v) is 19.4. The van der Waals surface area contributed by atoms with Crippen molar-refractivity contribution >= 4 is 46.5 Å². The van der Waals surface area contributed by atoms with Gasteiger partial charge in [-0.1, -0.05) is 37.0 Å². The number of pyridine rings is 1. The number of amides is 2. The van der Waals surface area contributed by atoms with Crippen LogP contribution in [-0.4, -0.2) is 61.0 Å². The number of aromatic nitrogens is 1. The van der Waals surface area contributed by atoms with Crippen LogP contribution in [0.2, 0.25) is 10.0 Å². The lowest BCUT2D eigenvalue weighted by molar-refractivity contribution is -0.118. The second-order valence-corrected chi connectivity index (χ2v) is 8.84. The van der Waals surface area contributed by atoms with Gasteiger partial charge in [-0.15, -0.1) is 0 Å². The number of halogens is 2. The van der Waals surface area contributed by atoms with Crippen LogP contribution in [0.4, 0.5) is 11.5 Å². The highest BCUT2D eigenvalue weighted by Gasteiger charge is 2.26. The van der Waals surface area contributed by atoms with Gasteiger partial charge in [0, 0.05) is 31.2 Å². The molecule has 2 N–H and O–H groups in total. The fourth-order valence-corrected chi connectivity index (χ4v) is 3.84. The molecule has 0 aliphatic carbocycles. The molecule has 0 spiro atoms. The maximum absolute atomic E-state index is 12.8. The van der Waals surface area contributed by atoms with E-state index in [4.69, 9.17) is 23.2 Å². The highest BCUT2D eigenvalue weighted by atomic mass is 35.5. The number of nitrogens with one attached hydrogen (secondary N) is 2. The largest absolute Gasteiger partial charge is 0.368 e. The van der Waals surface area contributed by atoms with Crippen LogP contribution in [0.1, 0.15) is 24.2 Å². The Bertz CT molecular complexity index is 928. The van der Waals surface area contributed by atoms with Crippen molar-refractivity contribution in [1.82, 2.24) is 15.2 Å². The molecule has 3 rings (SSSR count). The van der Waals surface area contributed by atoms with E-state index in [-0.39, 0.29) is 22.4 Å². The zero-order valence-electron chi connectivity index (χ0n) is 17.9. The summed E-state index contributed by atoms with van der Waals surface area (Å²) >= 11 is 12.0. The van der Waals surface area contributed by atoms with Gasteiger partial charge >= 0.3 is 0 Å². The molecule has 0 saturated carbocycles. The van der Waals surface area contributed by atoms with Crippen LogP contribution in [0.15, 0.2) is 36.5 Å². The monoisotopic (exact) mass is 463 g/mol. The molecule has 0 radical (unpaired) electrons. The first-order chi connectivity index (χ1) is 14.7. The van der Waals surface area contributed by atoms with E-state index in [1.54, 1.807) is 18.3 Å². The van der Waals surface area contributed by atoms with E-state index in [9.17, 15) is 9.59 Å². The summed E-state index contributed by atoms with van der Waals surface area (Å²) in [6.45, 7) is 7.62. The molecule has 31 heavy (non-hydrogen) atoms. The van der Waals surface area contributed by atoms with Crippen molar-refractivity contribution in [3.8, 4) is 0 Å². The number of likely N-dealkylation sites (N-methyl/N-ethyl adjacent to an activating group) is 1. The SMILES string of the molecule is CC(C)[C@H](NC(=O)c1ccc(Cl)cc1Cl)C(=O)Nc1ccc(N2CCN(C)CC2)cn1. The number of nitrogens with zero attached hydrogens (tertiary/aromatic N) is 3. The van der Waals surface area contributed by atoms with Crippen LogP contribution in [0, 0.1) is 5.92 Å². The van der Waals surface area contributed by atoms with Gasteiger partial charge in [0.25, 0.3) is 5.91 Å². The maximum atomic E-state index is 12.8. The van der Waals surface area contributed by atoms with Crippen molar-refractivity contribution in [2.24, 2.45) is 5.92 Å². The Morgan fingerprint density at radius 1 is 1.06 bits per heavy atom. The highest BCUT2D eigenvalue weighted by molar-refractivity contribution is 6.36. The van der Waals surface area contributed by atoms with Gasteiger partial charge in [-0.2, -0.15) is 0 Å². The third-order valence-corrected chi connectivity index (χ3v) is 5.83. The van der Waals surface area contributed by atoms with Crippen LogP contribution in [-0.2, 0) is 4.79 Å². The minimum atomic E-state index is -0.752. The molecule has 1 atom stereocenters. The predicted octanol–water partition coefficient (Wildman–Crippen LogP) is 3.53. The molecule has 0 unspecified atom stereocenters. The fraction of sp³-hybridized carbons (Fsp3) is 0.409. The molecule has 0 bridgehead atoms. The minimum absolute atomic E-state index is 0.139. The van der Waals surface area contributed by atoms with E-state index in [0.717, 1.165) is 31.9 Å². The number of carbonyl (C=O) groups is 2. The van der Waals surface area contributed by atoms with Crippen LogP contribution >= 0.6 is 23.2 Å². The van der Waals surface area contributed by atoms with Gasteiger partial charge in [0.1, 0.15) is 11.9 Å². The number of piperazine rings is 1. The third kappa shape index (κ3) is 6.09. The van der Waals surface area contributed by atoms with Crippen LogP contribution in [0.5, 0.6) is 0 Å². The molecule has 1 aliphatic rings. The molecule has 166 valence electrons. The average Bonchev–Trinajstić information content (AvgIpc) is 2.72. The molecular formula is C22H27Cl2N5O2. The first-order valence-corrected chi connectivity index (χ1v) is 11.0. The fourth-order valence-electron chi connectivity index (χ4n) is 3.34. The summed E-state index contributed by atoms with van der Waals surface area (Å²) in [5, 5.41) is 6.22. The molecule has 2 aromatic rings. The van der Waals surface area contributed by atoms with Gasteiger partial charge in [-0.05, 0) is 43.3 Å². The van der Waals surface area contributed by atoms with Crippen molar-refractivity contribution in [3.05, 3.63) is 52.1 Å². The molecule has 1 fully saturated rings. The van der Waals surface area contributed by atoms with Crippen molar-refractivity contribution < 1.29 is 9.59 Å². The van der Waals surface area contributed by atoms with E-state index in [0.29, 0.717) is 10.8 Å². The van der Waals surface area contributed by atoms with Crippen molar-refractivity contribution in [1.29, 1.82) is 0 Å². The lowest BCUT2D eigenvalue weighted by Crippen LogP contribution is -2.47. The Morgan fingerprint density at radius 2 is 1.77 bits per heavy atom. The third-order valence-electron chi connectivity index (χ3n) is 5.28. The van der Waals surface area contributed by atoms with Crippen LogP contribution < -0.4 is 15.5 Å². The number of hydrogen-bond donors (Lipinski definition) is 2. The van der Waals surface area contributed by atoms with Crippen LogP contribution in [0.25, 0.3) is 0 Å². The van der Waals surface area contributed by atoms with Crippen LogP contribution in [0.3, 0.4) is 0 Å². The molecular weight excluding hydrogens is 437 g/mol. The second kappa shape index (κ2) is 10.3. The summed E-state index contributed by atoms with van der Waals surface area (Å²) in [5.41, 5.74) is 1.29. The summed E-state index contributed by atoms with van der Waals surface area (Å²) in [5.74, 6) is -0.478. The molecule has 2 heterocycles. The average molecular weight is 464 g/mol. The summed E-state index contributed by atoms with van der Waals surface area (Å²) in [4.78, 5) is 34.4. The Kier molecular flexibility index (Phi) is 7.75. The molecule has 1 aromatic heterocycles. The smallest absolute Gasteiger partial charge is 0.253 e. The molecule has 9 heteroatoms. The van der Waals surface area contributed by atoms with Crippen molar-refractivity contribution in [2.75, 3.05) is 43.4 Å². The Morgan fingerprint density at radius 3 is 2.35 bits per heavy atom. The van der Waals surface area contributed by atoms with Crippen molar-refractivity contribution in [2.45, 2.75) is 19.9 Å². The van der Waals surface area contributed by atoms with Gasteiger partial charge in [-0.3, -0.25) is 9.59 Å². The first kappa shape index (κ1) is 23.3. The van der Waals surface area contributed by atoms with E-state index < -0.39 is 11.9 Å². The zero-order chi connectivity index (χ0) is 22.5. The standard InChI is InChI=1S/C22H27Cl2N5O2/c1-14(2)20(27-21(30)17-6-4-15(23)12-18(17)24)22(31)26-19-7-5-16(13-25-19)29-10-8-28(3)9-11-29/h4-7,12-14,20H,8-11H2,1-3H3,(H,27,30)(H,25,26,31)/t20-/m0/s1. The molecule has 1 aromatic carbocycles. The van der Waals surface area contributed by atoms with Gasteiger partial charge < -0.3 is 20.4 Å². The van der Waals surface area contributed by atoms with Crippen molar-refractivity contribution in [3.63, 3.8) is 0 Å². The normalized spacial score (nSPS) is 15.6. The van der Waals surface area contributed by atoms with E-state index in [2.05, 4.69) is 32.5 Å². The summed E-state index contributed by atoms with van der Waals surface area (Å²) < 4.78 is 0. The second-order valence-electron chi connectivity index (χ2n) is 8.00. The minimum Gasteiger partial charge on any atom is -0.368 e. The number of hydrogen-bond acceptors (Lipinski definition) is 5. The molecule has 1 saturated heterocycles. The van der Waals surface area contributed by atoms with E-state index >= 15 is 0 Å². The highest BCUT2D eigenvalue weighted by Crippen LogP contribution is 2.22. The van der Waals surface area contributed by atoms with Gasteiger partial charge in [0.15, 0.2) is 0 Å². The summed E-state index contributed by atoms with van der Waals surface area (Å²) in [6.07, 6.45) is 1.76. The Balaban J connectivity index is 1.64. The number of rotatable bonds is 6. The predicted molar refractivity (Wildman–Crippen MR) is 125 cm³/mol. The molecule has 2 amide bonds. The quantitative estimate of drug-likeness (QED) is 0.684. The van der Waals surface area contributed by atoms with E-state index in [1.807, 2.05) is 19.9 Å². The number of carbonyl (C=O) groups excluding carboxylic acids is 2. The van der Waals surface area contributed by atoms with Gasteiger partial charge in [0.2, 0.25) is 5.91 Å². The summed E-state index contributed by atoms with van der Waals surface area (Å²) in [7, 11) is 2.11. The van der Waals surface area contributed by atoms with Gasteiger partial charge in [-0.25, -0.2) is 4.98 Å². The lowest BCUT2D eigenvalue weighted by atomic mass is 10.0. The molecule has 1 aliphatic heterocycles. The number of anilines is 2. The molecule has 7 nitrogen and oxygen atoms in total. The lowest BCUT2D eigenvalue weighted by Gasteiger charge is -2.33. The topological polar surface area (TPSA) is 77.6 Å². The van der Waals surface area contributed by atoms with Gasteiger partial charge in [0.05, 0.1) is 22.5 Å². The number of benzene rings is 1.